The fourth-order valence-corrected chi connectivity index (χ4v) is 6.82. The SMILES string of the molecule is C#Cc1c(F)ccc2cccc(-c3ncc4c(N(C)[C@@H]5CCN(C(=O)OC(C)(C)C)[C@@H]5C)nc(OC[C@H]5C/C(=C\F)CN5C)nc4c3F)c12. The lowest BCUT2D eigenvalue weighted by Gasteiger charge is -2.33. The Morgan fingerprint density at radius 2 is 1.98 bits per heavy atom. The Kier molecular flexibility index (Phi) is 9.15. The van der Waals surface area contributed by atoms with Gasteiger partial charge in [-0.1, -0.05) is 30.2 Å². The number of rotatable bonds is 6. The second kappa shape index (κ2) is 13.2. The number of aromatic nitrogens is 3. The molecule has 0 unspecified atom stereocenters. The van der Waals surface area contributed by atoms with Crippen LogP contribution in [0, 0.1) is 24.0 Å². The fraction of sp³-hybridized carbons (Fsp3) is 0.405. The molecule has 0 aliphatic carbocycles. The highest BCUT2D eigenvalue weighted by Gasteiger charge is 2.39. The molecule has 0 spiro atoms. The molecule has 4 aromatic rings. The van der Waals surface area contributed by atoms with Crippen LogP contribution in [0.5, 0.6) is 6.01 Å². The van der Waals surface area contributed by atoms with E-state index in [0.29, 0.717) is 65.4 Å². The van der Waals surface area contributed by atoms with Gasteiger partial charge in [0.2, 0.25) is 0 Å². The van der Waals surface area contributed by atoms with Gasteiger partial charge < -0.3 is 19.3 Å². The molecule has 0 saturated carbocycles. The average molecular weight is 673 g/mol. The van der Waals surface area contributed by atoms with Crippen molar-refractivity contribution < 1.29 is 27.4 Å². The highest BCUT2D eigenvalue weighted by atomic mass is 19.1. The average Bonchev–Trinajstić information content (AvgIpc) is 3.63. The predicted octanol–water partition coefficient (Wildman–Crippen LogP) is 6.87. The molecule has 4 heterocycles. The molecule has 0 radical (unpaired) electrons. The summed E-state index contributed by atoms with van der Waals surface area (Å²) in [7, 11) is 3.70. The van der Waals surface area contributed by atoms with Crippen molar-refractivity contribution in [2.75, 3.05) is 38.7 Å². The molecule has 2 aromatic heterocycles. The number of ether oxygens (including phenoxy) is 2. The molecule has 0 N–H and O–H groups in total. The Morgan fingerprint density at radius 3 is 2.67 bits per heavy atom. The van der Waals surface area contributed by atoms with Crippen LogP contribution in [0.25, 0.3) is 32.9 Å². The topological polar surface area (TPSA) is 83.9 Å². The van der Waals surface area contributed by atoms with Crippen molar-refractivity contribution in [1.29, 1.82) is 0 Å². The van der Waals surface area contributed by atoms with E-state index in [1.807, 2.05) is 51.6 Å². The third-order valence-corrected chi connectivity index (χ3v) is 9.34. The molecule has 12 heteroatoms. The third-order valence-electron chi connectivity index (χ3n) is 9.34. The number of carbonyl (C=O) groups is 1. The van der Waals surface area contributed by atoms with Gasteiger partial charge in [0.05, 0.1) is 29.4 Å². The van der Waals surface area contributed by atoms with Crippen LogP contribution in [0.4, 0.5) is 23.8 Å². The van der Waals surface area contributed by atoms with E-state index in [2.05, 4.69) is 15.9 Å². The molecule has 256 valence electrons. The molecular weight excluding hydrogens is 633 g/mol. The van der Waals surface area contributed by atoms with Crippen molar-refractivity contribution in [3.63, 3.8) is 0 Å². The minimum atomic E-state index is -0.755. The molecule has 2 aliphatic rings. The summed E-state index contributed by atoms with van der Waals surface area (Å²) < 4.78 is 56.7. The number of nitrogens with zero attached hydrogens (tertiary/aromatic N) is 6. The van der Waals surface area contributed by atoms with E-state index in [-0.39, 0.29) is 47.5 Å². The number of benzene rings is 2. The number of likely N-dealkylation sites (tertiary alicyclic amines) is 2. The Morgan fingerprint density at radius 1 is 1.20 bits per heavy atom. The van der Waals surface area contributed by atoms with Crippen molar-refractivity contribution in [3.8, 4) is 29.6 Å². The second-order valence-electron chi connectivity index (χ2n) is 13.7. The van der Waals surface area contributed by atoms with Gasteiger partial charge in [0.15, 0.2) is 5.82 Å². The first-order valence-corrected chi connectivity index (χ1v) is 16.2. The minimum Gasteiger partial charge on any atom is -0.462 e. The number of likely N-dealkylation sites (N-methyl/N-ethyl adjacent to an activating group) is 2. The van der Waals surface area contributed by atoms with E-state index in [4.69, 9.17) is 20.9 Å². The largest absolute Gasteiger partial charge is 0.462 e. The first-order valence-electron chi connectivity index (χ1n) is 16.2. The van der Waals surface area contributed by atoms with Crippen LogP contribution in [0.2, 0.25) is 0 Å². The standard InChI is InChI=1S/C37H39F3N6O3/c1-8-25-28(39)13-12-23-10-9-11-26(30(23)25)32-31(40)33-27(18-41-32)34(43-35(42-33)48-20-24-16-22(17-38)19-44(24)6)45(7)29-14-15-46(21(29)2)36(47)49-37(3,4)5/h1,9-13,17-18,21,24,29H,14-16,19-20H2,2-7H3/b22-17+/t21-,24-,29-/m1/s1. The summed E-state index contributed by atoms with van der Waals surface area (Å²) in [6, 6.07) is 7.33. The number of pyridine rings is 1. The van der Waals surface area contributed by atoms with Gasteiger partial charge in [0, 0.05) is 43.3 Å². The fourth-order valence-electron chi connectivity index (χ4n) is 6.82. The quantitative estimate of drug-likeness (QED) is 0.205. The maximum absolute atomic E-state index is 16.8. The molecule has 9 nitrogen and oxygen atoms in total. The van der Waals surface area contributed by atoms with Gasteiger partial charge in [-0.15, -0.1) is 6.42 Å². The lowest BCUT2D eigenvalue weighted by Crippen LogP contribution is -2.45. The molecule has 49 heavy (non-hydrogen) atoms. The summed E-state index contributed by atoms with van der Waals surface area (Å²) >= 11 is 0. The minimum absolute atomic E-state index is 0.00803. The van der Waals surface area contributed by atoms with Gasteiger partial charge >= 0.3 is 12.1 Å². The Balaban J connectivity index is 1.44. The van der Waals surface area contributed by atoms with Gasteiger partial charge in [0.25, 0.3) is 0 Å². The maximum Gasteiger partial charge on any atom is 0.410 e. The van der Waals surface area contributed by atoms with Crippen molar-refractivity contribution in [2.45, 2.75) is 64.3 Å². The summed E-state index contributed by atoms with van der Waals surface area (Å²) in [6.45, 7) is 8.47. The Bertz CT molecular complexity index is 2010. The first kappa shape index (κ1) is 34.0. The van der Waals surface area contributed by atoms with E-state index < -0.39 is 23.3 Å². The number of hydrogen-bond donors (Lipinski definition) is 0. The lowest BCUT2D eigenvalue weighted by molar-refractivity contribution is 0.0233. The number of amides is 1. The predicted molar refractivity (Wildman–Crippen MR) is 183 cm³/mol. The van der Waals surface area contributed by atoms with Crippen LogP contribution in [0.3, 0.4) is 0 Å². The molecule has 2 aliphatic heterocycles. The zero-order valence-corrected chi connectivity index (χ0v) is 28.4. The first-order chi connectivity index (χ1) is 23.3. The van der Waals surface area contributed by atoms with E-state index in [9.17, 15) is 13.6 Å². The van der Waals surface area contributed by atoms with Gasteiger partial charge in [0.1, 0.15) is 35.1 Å². The number of carbonyl (C=O) groups excluding carboxylic acids is 1. The summed E-state index contributed by atoms with van der Waals surface area (Å²) in [5.74, 6) is 1.41. The van der Waals surface area contributed by atoms with Gasteiger partial charge in [-0.2, -0.15) is 9.97 Å². The van der Waals surface area contributed by atoms with Gasteiger partial charge in [-0.25, -0.2) is 18.0 Å². The van der Waals surface area contributed by atoms with Crippen LogP contribution in [-0.4, -0.2) is 88.4 Å². The van der Waals surface area contributed by atoms with Crippen molar-refractivity contribution in [1.82, 2.24) is 24.8 Å². The highest BCUT2D eigenvalue weighted by molar-refractivity contribution is 6.02. The van der Waals surface area contributed by atoms with E-state index >= 15 is 4.39 Å². The third kappa shape index (κ3) is 6.47. The normalized spacial score (nSPS) is 20.7. The lowest BCUT2D eigenvalue weighted by atomic mass is 9.96. The molecule has 2 saturated heterocycles. The smallest absolute Gasteiger partial charge is 0.410 e. The summed E-state index contributed by atoms with van der Waals surface area (Å²) in [6.07, 6.45) is 8.48. The number of anilines is 1. The molecular formula is C37H39F3N6O3. The van der Waals surface area contributed by atoms with Crippen LogP contribution in [0.1, 0.15) is 46.1 Å². The molecule has 1 amide bonds. The van der Waals surface area contributed by atoms with Crippen LogP contribution < -0.4 is 9.64 Å². The Hall–Kier alpha value is -4.89. The zero-order valence-electron chi connectivity index (χ0n) is 28.4. The summed E-state index contributed by atoms with van der Waals surface area (Å²) in [4.78, 5) is 32.3. The maximum atomic E-state index is 16.8. The second-order valence-corrected chi connectivity index (χ2v) is 13.7. The summed E-state index contributed by atoms with van der Waals surface area (Å²) in [5.41, 5.74) is 0.218. The molecule has 2 fully saturated rings. The number of terminal acetylenes is 1. The van der Waals surface area contributed by atoms with E-state index in [1.54, 1.807) is 29.2 Å². The zero-order chi connectivity index (χ0) is 35.2. The molecule has 2 aromatic carbocycles. The molecule has 0 bridgehead atoms. The van der Waals surface area contributed by atoms with Crippen LogP contribution in [0.15, 0.2) is 48.4 Å². The van der Waals surface area contributed by atoms with Crippen molar-refractivity contribution in [2.24, 2.45) is 0 Å². The number of halogens is 3. The number of hydrogen-bond acceptors (Lipinski definition) is 8. The van der Waals surface area contributed by atoms with Crippen LogP contribution >= 0.6 is 0 Å². The monoisotopic (exact) mass is 672 g/mol. The van der Waals surface area contributed by atoms with Crippen molar-refractivity contribution >= 4 is 33.6 Å². The number of fused-ring (bicyclic) bond motifs is 2. The molecule has 3 atom stereocenters. The van der Waals surface area contributed by atoms with E-state index in [0.717, 1.165) is 0 Å². The Labute approximate surface area is 283 Å². The van der Waals surface area contributed by atoms with Gasteiger partial charge in [-0.3, -0.25) is 9.88 Å². The van der Waals surface area contributed by atoms with Crippen molar-refractivity contribution in [3.05, 3.63) is 65.6 Å². The van der Waals surface area contributed by atoms with E-state index in [1.165, 1.54) is 12.3 Å². The van der Waals surface area contributed by atoms with Gasteiger partial charge in [-0.05, 0) is 64.6 Å². The molecule has 6 rings (SSSR count). The van der Waals surface area contributed by atoms with Crippen LogP contribution in [-0.2, 0) is 4.74 Å². The summed E-state index contributed by atoms with van der Waals surface area (Å²) in [5, 5.41) is 1.32. The highest BCUT2D eigenvalue weighted by Crippen LogP contribution is 2.38.